The molecule has 47 heavy (non-hydrogen) atoms. The van der Waals surface area contributed by atoms with Crippen LogP contribution in [0.4, 0.5) is 5.69 Å². The van der Waals surface area contributed by atoms with Gasteiger partial charge in [-0.15, -0.1) is 6.42 Å². The summed E-state index contributed by atoms with van der Waals surface area (Å²) in [5.74, 6) is 1.17. The first kappa shape index (κ1) is 35.1. The van der Waals surface area contributed by atoms with E-state index in [0.717, 1.165) is 22.0 Å². The molecule has 248 valence electrons. The number of ether oxygens (including phenoxy) is 4. The summed E-state index contributed by atoms with van der Waals surface area (Å²) in [5, 5.41) is 16.9. The van der Waals surface area contributed by atoms with Crippen LogP contribution < -0.4 is 25.3 Å². The minimum Gasteiger partial charge on any atom is -0.545 e. The average molecular weight is 644 g/mol. The van der Waals surface area contributed by atoms with Crippen LogP contribution in [0, 0.1) is 12.3 Å². The summed E-state index contributed by atoms with van der Waals surface area (Å²) in [7, 11) is 7.75. The Morgan fingerprint density at radius 2 is 1.53 bits per heavy atom. The molecule has 0 aromatic heterocycles. The minimum absolute atomic E-state index is 0.0997. The largest absolute Gasteiger partial charge is 0.545 e. The predicted octanol–water partition coefficient (Wildman–Crippen LogP) is 2.10. The number of carbonyl (C=O) groups is 2. The van der Waals surface area contributed by atoms with E-state index in [0.29, 0.717) is 62.1 Å². The molecule has 2 aromatic rings. The number of carbonyl (C=O) groups excluding carboxylic acids is 2. The van der Waals surface area contributed by atoms with E-state index in [-0.39, 0.29) is 30.9 Å². The van der Waals surface area contributed by atoms with E-state index < -0.39 is 11.9 Å². The van der Waals surface area contributed by atoms with E-state index in [4.69, 9.17) is 29.8 Å². The van der Waals surface area contributed by atoms with E-state index in [1.54, 1.807) is 12.1 Å². The van der Waals surface area contributed by atoms with Gasteiger partial charge in [-0.3, -0.25) is 4.79 Å². The Hall–Kier alpha value is -4.73. The second kappa shape index (κ2) is 17.3. The summed E-state index contributed by atoms with van der Waals surface area (Å²) >= 11 is 0. The fraction of sp³-hybridized carbons (Fsp3) is 0.361. The second-order valence-corrected chi connectivity index (χ2v) is 11.0. The van der Waals surface area contributed by atoms with Gasteiger partial charge in [0.1, 0.15) is 32.0 Å². The van der Waals surface area contributed by atoms with Crippen LogP contribution in [0.2, 0.25) is 0 Å². The minimum atomic E-state index is -1.39. The van der Waals surface area contributed by atoms with Gasteiger partial charge in [0, 0.05) is 66.1 Å². The van der Waals surface area contributed by atoms with Crippen molar-refractivity contribution in [3.8, 4) is 34.8 Å². The number of hydrogen-bond donors (Lipinski definition) is 1. The molecule has 1 aliphatic heterocycles. The Morgan fingerprint density at radius 1 is 0.872 bits per heavy atom. The Balaban J connectivity index is 1.44. The summed E-state index contributed by atoms with van der Waals surface area (Å²) in [6.07, 6.45) is 5.10. The molecule has 1 amide bonds. The van der Waals surface area contributed by atoms with E-state index in [9.17, 15) is 14.7 Å². The molecule has 11 heteroatoms. The monoisotopic (exact) mass is 643 g/mol. The first-order valence-corrected chi connectivity index (χ1v) is 15.3. The number of fused-ring (bicyclic) bond motifs is 2. The number of nitrogens with one attached hydrogen (secondary N) is 1. The van der Waals surface area contributed by atoms with Crippen LogP contribution in [0.5, 0.6) is 0 Å². The Morgan fingerprint density at radius 3 is 2.17 bits per heavy atom. The van der Waals surface area contributed by atoms with Gasteiger partial charge in [0.2, 0.25) is 5.36 Å². The maximum Gasteiger partial charge on any atom is 0.251 e. The molecule has 1 aliphatic carbocycles. The summed E-state index contributed by atoms with van der Waals surface area (Å²) < 4.78 is 29.8. The van der Waals surface area contributed by atoms with Gasteiger partial charge in [0.15, 0.2) is 0 Å². The van der Waals surface area contributed by atoms with Crippen molar-refractivity contribution in [1.29, 1.82) is 0 Å². The Kier molecular flexibility index (Phi) is 12.9. The Bertz CT molecular complexity index is 1770. The summed E-state index contributed by atoms with van der Waals surface area (Å²) in [4.78, 5) is 27.4. The molecule has 1 heterocycles. The highest BCUT2D eigenvalue weighted by atomic mass is 16.6. The lowest BCUT2D eigenvalue weighted by atomic mass is 9.89. The zero-order valence-corrected chi connectivity index (χ0v) is 27.3. The summed E-state index contributed by atoms with van der Waals surface area (Å²) in [5.41, 5.74) is 3.47. The highest BCUT2D eigenvalue weighted by Gasteiger charge is 2.22. The van der Waals surface area contributed by atoms with E-state index in [2.05, 4.69) is 11.2 Å². The molecular weight excluding hydrogens is 602 g/mol. The number of rotatable bonds is 17. The van der Waals surface area contributed by atoms with E-state index >= 15 is 0 Å². The van der Waals surface area contributed by atoms with Crippen LogP contribution in [0.25, 0.3) is 33.4 Å². The van der Waals surface area contributed by atoms with Gasteiger partial charge >= 0.3 is 0 Å². The summed E-state index contributed by atoms with van der Waals surface area (Å²) in [6, 6.07) is 16.2. The fourth-order valence-electron chi connectivity index (χ4n) is 4.92. The zero-order chi connectivity index (χ0) is 33.8. The van der Waals surface area contributed by atoms with Crippen molar-refractivity contribution in [2.75, 3.05) is 92.5 Å². The molecule has 0 atom stereocenters. The lowest BCUT2D eigenvalue weighted by Gasteiger charge is -2.20. The number of nitrogens with zero attached hydrogens (tertiary/aromatic N) is 2. The standard InChI is InChI=1S/C36H41N3O8/c1-6-14-43-16-18-45-20-21-46-19-17-44-15-13-37-35(40)25-7-10-28(31(22-25)36(41)42)34-29-11-8-26(38(2)3)23-32(29)47-33-24-27(39(4)5)9-12-30(33)34/h1,7-12,22-24H,13-21H2,2-5H3,(H-,37,40,41,42). The highest BCUT2D eigenvalue weighted by molar-refractivity contribution is 6.08. The highest BCUT2D eigenvalue weighted by Crippen LogP contribution is 2.42. The van der Waals surface area contributed by atoms with Crippen LogP contribution in [-0.4, -0.2) is 99.5 Å². The van der Waals surface area contributed by atoms with Crippen molar-refractivity contribution in [2.24, 2.45) is 0 Å². The zero-order valence-electron chi connectivity index (χ0n) is 27.3. The molecule has 2 aliphatic rings. The van der Waals surface area contributed by atoms with Crippen molar-refractivity contribution in [3.05, 3.63) is 71.1 Å². The third-order valence-electron chi connectivity index (χ3n) is 7.33. The number of anilines is 1. The van der Waals surface area contributed by atoms with Crippen LogP contribution in [0.15, 0.2) is 59.0 Å². The number of carboxylic acids is 1. The number of amides is 1. The molecule has 0 bridgehead atoms. The second-order valence-electron chi connectivity index (χ2n) is 11.0. The summed E-state index contributed by atoms with van der Waals surface area (Å²) in [6.45, 7) is 3.23. The molecule has 0 spiro atoms. The van der Waals surface area contributed by atoms with Gasteiger partial charge < -0.3 is 43.5 Å². The van der Waals surface area contributed by atoms with Crippen LogP contribution in [-0.2, 0) is 18.9 Å². The Labute approximate surface area is 274 Å². The van der Waals surface area contributed by atoms with Gasteiger partial charge in [-0.2, -0.15) is 0 Å². The van der Waals surface area contributed by atoms with Crippen LogP contribution >= 0.6 is 0 Å². The topological polar surface area (TPSA) is 126 Å². The third kappa shape index (κ3) is 9.40. The van der Waals surface area contributed by atoms with E-state index in [1.165, 1.54) is 6.07 Å². The number of benzene rings is 3. The van der Waals surface area contributed by atoms with Crippen molar-refractivity contribution in [1.82, 2.24) is 9.89 Å². The van der Waals surface area contributed by atoms with Crippen molar-refractivity contribution in [2.45, 2.75) is 0 Å². The molecule has 0 radical (unpaired) electrons. The third-order valence-corrected chi connectivity index (χ3v) is 7.33. The van der Waals surface area contributed by atoms with Gasteiger partial charge in [-0.1, -0.05) is 12.0 Å². The van der Waals surface area contributed by atoms with Gasteiger partial charge in [0.25, 0.3) is 5.91 Å². The van der Waals surface area contributed by atoms with Gasteiger partial charge in [0.05, 0.1) is 58.3 Å². The number of terminal acetylenes is 1. The van der Waals surface area contributed by atoms with Gasteiger partial charge in [-0.05, 0) is 35.9 Å². The number of hydrogen-bond acceptors (Lipinski definition) is 9. The fourth-order valence-corrected chi connectivity index (χ4v) is 4.92. The molecule has 0 unspecified atom stereocenters. The molecule has 0 saturated carbocycles. The number of carboxylic acid groups (broad SMARTS) is 1. The maximum absolute atomic E-state index is 13.0. The molecule has 11 nitrogen and oxygen atoms in total. The van der Waals surface area contributed by atoms with Crippen LogP contribution in [0.1, 0.15) is 20.7 Å². The lowest BCUT2D eigenvalue weighted by molar-refractivity contribution is -0.254. The normalized spacial score (nSPS) is 11.0. The van der Waals surface area contributed by atoms with Crippen molar-refractivity contribution in [3.63, 3.8) is 0 Å². The van der Waals surface area contributed by atoms with Crippen LogP contribution in [0.3, 0.4) is 0 Å². The van der Waals surface area contributed by atoms with Crippen molar-refractivity contribution < 1.29 is 38.1 Å². The maximum atomic E-state index is 13.0. The lowest BCUT2D eigenvalue weighted by Crippen LogP contribution is -2.29. The molecule has 0 saturated heterocycles. The number of aromatic carboxylic acids is 1. The first-order chi connectivity index (χ1) is 22.7. The quantitative estimate of drug-likeness (QED) is 0.0797. The molecular formula is C36H41N3O8. The van der Waals surface area contributed by atoms with E-state index in [1.807, 2.05) is 74.1 Å². The smallest absolute Gasteiger partial charge is 0.251 e. The molecule has 0 fully saturated rings. The predicted molar refractivity (Wildman–Crippen MR) is 178 cm³/mol. The first-order valence-electron chi connectivity index (χ1n) is 15.3. The van der Waals surface area contributed by atoms with Gasteiger partial charge in [-0.25, -0.2) is 4.58 Å². The average Bonchev–Trinajstić information content (AvgIpc) is 3.06. The molecule has 2 aromatic carbocycles. The molecule has 4 rings (SSSR count). The molecule has 1 N–H and O–H groups in total. The van der Waals surface area contributed by atoms with Crippen molar-refractivity contribution >= 4 is 28.5 Å². The SMILES string of the molecule is C#CCOCCOCCOCCOCCNC(=O)c1ccc(-c2c3ccc(=[N+](C)C)cc-3oc3cc(N(C)C)ccc23)c(C(=O)[O-])c1.